The Kier molecular flexibility index (Phi) is 7.78. The lowest BCUT2D eigenvalue weighted by Crippen LogP contribution is -2.46. The molecule has 1 fully saturated rings. The van der Waals surface area contributed by atoms with Crippen molar-refractivity contribution in [3.8, 4) is 6.07 Å². The third-order valence-electron chi connectivity index (χ3n) is 5.20. The van der Waals surface area contributed by atoms with E-state index < -0.39 is 0 Å². The van der Waals surface area contributed by atoms with Gasteiger partial charge in [0.15, 0.2) is 0 Å². The van der Waals surface area contributed by atoms with Crippen LogP contribution in [-0.4, -0.2) is 46.0 Å². The molecule has 4 rings (SSSR count). The van der Waals surface area contributed by atoms with E-state index in [9.17, 15) is 4.79 Å². The number of nitrogens with zero attached hydrogens (tertiary/aromatic N) is 3. The largest absolute Gasteiger partial charge is 0.412 e. The number of nitriles is 1. The quantitative estimate of drug-likeness (QED) is 0.592. The van der Waals surface area contributed by atoms with Crippen LogP contribution in [-0.2, 0) is 0 Å². The number of likely N-dealkylation sites (tertiary alicyclic amines) is 1. The van der Waals surface area contributed by atoms with Crippen molar-refractivity contribution in [2.24, 2.45) is 0 Å². The Morgan fingerprint density at radius 2 is 1.97 bits per heavy atom. The summed E-state index contributed by atoms with van der Waals surface area (Å²) in [7, 11) is 2.09. The number of rotatable bonds is 3. The molecular weight excluding hydrogens is 404 g/mol. The van der Waals surface area contributed by atoms with Gasteiger partial charge in [-0.25, -0.2) is 9.78 Å². The van der Waals surface area contributed by atoms with Crippen LogP contribution in [0.5, 0.6) is 0 Å². The van der Waals surface area contributed by atoms with Gasteiger partial charge >= 0.3 is 6.03 Å². The van der Waals surface area contributed by atoms with Crippen molar-refractivity contribution in [2.45, 2.75) is 24.9 Å². The van der Waals surface area contributed by atoms with E-state index in [4.69, 9.17) is 10.2 Å². The first-order valence-corrected chi connectivity index (χ1v) is 9.35. The SMILES string of the molecule is CN1CC[C@@H](NC(=O)Nc2ccc(C#N)cc2)C[C@@H]1c1nc2ccccc2[nH]1.Cl.O. The number of piperidine rings is 1. The first-order chi connectivity index (χ1) is 13.6. The van der Waals surface area contributed by atoms with E-state index in [-0.39, 0.29) is 36.0 Å². The Balaban J connectivity index is 0.00000160. The Morgan fingerprint density at radius 1 is 1.23 bits per heavy atom. The molecule has 1 aromatic heterocycles. The van der Waals surface area contributed by atoms with Crippen LogP contribution in [0, 0.1) is 11.3 Å². The number of carbonyl (C=O) groups excluding carboxylic acids is 1. The van der Waals surface area contributed by atoms with Crippen LogP contribution >= 0.6 is 12.4 Å². The number of hydrogen-bond acceptors (Lipinski definition) is 4. The number of H-pyrrole nitrogens is 1. The van der Waals surface area contributed by atoms with Crippen molar-refractivity contribution in [3.05, 3.63) is 59.9 Å². The highest BCUT2D eigenvalue weighted by Gasteiger charge is 2.30. The van der Waals surface area contributed by atoms with Gasteiger partial charge in [-0.05, 0) is 56.3 Å². The topological polar surface area (TPSA) is 128 Å². The van der Waals surface area contributed by atoms with E-state index in [1.807, 2.05) is 24.3 Å². The zero-order valence-corrected chi connectivity index (χ0v) is 17.4. The normalized spacial score (nSPS) is 18.5. The molecule has 0 aliphatic carbocycles. The van der Waals surface area contributed by atoms with Crippen molar-refractivity contribution in [1.82, 2.24) is 20.2 Å². The summed E-state index contributed by atoms with van der Waals surface area (Å²) in [6.07, 6.45) is 1.67. The third-order valence-corrected chi connectivity index (χ3v) is 5.20. The first-order valence-electron chi connectivity index (χ1n) is 9.35. The lowest BCUT2D eigenvalue weighted by Gasteiger charge is -2.36. The number of imidazole rings is 1. The van der Waals surface area contributed by atoms with E-state index in [2.05, 4.69) is 33.6 Å². The molecule has 0 saturated carbocycles. The summed E-state index contributed by atoms with van der Waals surface area (Å²) >= 11 is 0. The molecule has 2 heterocycles. The highest BCUT2D eigenvalue weighted by atomic mass is 35.5. The summed E-state index contributed by atoms with van der Waals surface area (Å²) < 4.78 is 0. The monoisotopic (exact) mass is 428 g/mol. The van der Waals surface area contributed by atoms with Crippen LogP contribution in [0.15, 0.2) is 48.5 Å². The highest BCUT2D eigenvalue weighted by Crippen LogP contribution is 2.29. The molecule has 3 aromatic rings. The minimum Gasteiger partial charge on any atom is -0.412 e. The van der Waals surface area contributed by atoms with Gasteiger partial charge in [0.2, 0.25) is 0 Å². The summed E-state index contributed by atoms with van der Waals surface area (Å²) in [5.74, 6) is 0.933. The average Bonchev–Trinajstić information content (AvgIpc) is 3.14. The molecular formula is C21H25ClN6O2. The number of amides is 2. The minimum absolute atomic E-state index is 0. The van der Waals surface area contributed by atoms with Crippen LogP contribution in [0.4, 0.5) is 10.5 Å². The second-order valence-corrected chi connectivity index (χ2v) is 7.14. The summed E-state index contributed by atoms with van der Waals surface area (Å²) in [6.45, 7) is 0.878. The van der Waals surface area contributed by atoms with Crippen molar-refractivity contribution >= 4 is 35.2 Å². The molecule has 158 valence electrons. The molecule has 0 radical (unpaired) electrons. The second-order valence-electron chi connectivity index (χ2n) is 7.14. The fourth-order valence-electron chi connectivity index (χ4n) is 3.65. The van der Waals surface area contributed by atoms with Gasteiger partial charge in [-0.15, -0.1) is 12.4 Å². The molecule has 0 unspecified atom stereocenters. The van der Waals surface area contributed by atoms with Gasteiger partial charge in [-0.1, -0.05) is 12.1 Å². The van der Waals surface area contributed by atoms with Crippen LogP contribution in [0.1, 0.15) is 30.3 Å². The number of aromatic amines is 1. The van der Waals surface area contributed by atoms with Gasteiger partial charge in [0.1, 0.15) is 5.82 Å². The fourth-order valence-corrected chi connectivity index (χ4v) is 3.65. The Hall–Kier alpha value is -3.12. The molecule has 0 bridgehead atoms. The zero-order chi connectivity index (χ0) is 19.5. The second kappa shape index (κ2) is 10.1. The van der Waals surface area contributed by atoms with Gasteiger partial charge in [-0.2, -0.15) is 5.26 Å². The predicted octanol–water partition coefficient (Wildman–Crippen LogP) is 2.99. The Bertz CT molecular complexity index is 997. The van der Waals surface area contributed by atoms with Gasteiger partial charge in [0.25, 0.3) is 0 Å². The number of carbonyl (C=O) groups is 1. The zero-order valence-electron chi connectivity index (χ0n) is 16.6. The minimum atomic E-state index is -0.234. The Labute approximate surface area is 181 Å². The van der Waals surface area contributed by atoms with Crippen molar-refractivity contribution in [3.63, 3.8) is 0 Å². The molecule has 1 saturated heterocycles. The van der Waals surface area contributed by atoms with Crippen LogP contribution in [0.25, 0.3) is 11.0 Å². The van der Waals surface area contributed by atoms with E-state index >= 15 is 0 Å². The smallest absolute Gasteiger partial charge is 0.319 e. The number of urea groups is 1. The highest BCUT2D eigenvalue weighted by molar-refractivity contribution is 5.89. The summed E-state index contributed by atoms with van der Waals surface area (Å²) in [5, 5.41) is 14.7. The maximum absolute atomic E-state index is 12.4. The molecule has 30 heavy (non-hydrogen) atoms. The number of halogens is 1. The van der Waals surface area contributed by atoms with E-state index in [1.54, 1.807) is 24.3 Å². The average molecular weight is 429 g/mol. The summed E-state index contributed by atoms with van der Waals surface area (Å²) in [6, 6.07) is 16.8. The van der Waals surface area contributed by atoms with E-state index in [1.165, 1.54) is 0 Å². The maximum atomic E-state index is 12.4. The van der Waals surface area contributed by atoms with Crippen molar-refractivity contribution < 1.29 is 10.3 Å². The number of aromatic nitrogens is 2. The van der Waals surface area contributed by atoms with Gasteiger partial charge in [-0.3, -0.25) is 4.90 Å². The predicted molar refractivity (Wildman–Crippen MR) is 119 cm³/mol. The number of nitrogens with one attached hydrogen (secondary N) is 3. The van der Waals surface area contributed by atoms with Crippen LogP contribution in [0.2, 0.25) is 0 Å². The standard InChI is InChI=1S/C21H22N6O.ClH.H2O/c1-27-11-10-16(24-21(28)23-15-8-6-14(13-22)7-9-15)12-19(27)20-25-17-4-2-3-5-18(17)26-20;;/h2-9,16,19H,10-12H2,1H3,(H,25,26)(H2,23,24,28);1H;1H2/t16-,19-;;/m1../s1. The van der Waals surface area contributed by atoms with Gasteiger partial charge in [0, 0.05) is 18.3 Å². The van der Waals surface area contributed by atoms with E-state index in [0.29, 0.717) is 11.3 Å². The van der Waals surface area contributed by atoms with E-state index in [0.717, 1.165) is 36.2 Å². The molecule has 2 atom stereocenters. The van der Waals surface area contributed by atoms with Gasteiger partial charge in [0.05, 0.1) is 28.7 Å². The number of benzene rings is 2. The number of para-hydroxylation sites is 2. The lowest BCUT2D eigenvalue weighted by atomic mass is 9.97. The maximum Gasteiger partial charge on any atom is 0.319 e. The van der Waals surface area contributed by atoms with Crippen LogP contribution in [0.3, 0.4) is 0 Å². The molecule has 2 amide bonds. The lowest BCUT2D eigenvalue weighted by molar-refractivity contribution is 0.153. The molecule has 0 spiro atoms. The summed E-state index contributed by atoms with van der Waals surface area (Å²) in [5.41, 5.74) is 3.22. The summed E-state index contributed by atoms with van der Waals surface area (Å²) in [4.78, 5) is 22.8. The Morgan fingerprint density at radius 3 is 2.67 bits per heavy atom. The number of fused-ring (bicyclic) bond motifs is 1. The fraction of sp³-hybridized carbons (Fsp3) is 0.286. The first kappa shape index (κ1) is 23.2. The van der Waals surface area contributed by atoms with Crippen LogP contribution < -0.4 is 10.6 Å². The molecule has 5 N–H and O–H groups in total. The molecule has 2 aromatic carbocycles. The molecule has 1 aliphatic rings. The molecule has 9 heteroatoms. The van der Waals surface area contributed by atoms with Crippen molar-refractivity contribution in [2.75, 3.05) is 18.9 Å². The number of anilines is 1. The molecule has 8 nitrogen and oxygen atoms in total. The van der Waals surface area contributed by atoms with Crippen molar-refractivity contribution in [1.29, 1.82) is 5.26 Å². The van der Waals surface area contributed by atoms with Gasteiger partial charge < -0.3 is 21.1 Å². The number of hydrogen-bond donors (Lipinski definition) is 3. The molecule has 1 aliphatic heterocycles. The third kappa shape index (κ3) is 5.07.